The second-order valence-corrected chi connectivity index (χ2v) is 2.45. The highest BCUT2D eigenvalue weighted by molar-refractivity contribution is 7.97. The fourth-order valence-electron chi connectivity index (χ4n) is 0.469. The summed E-state index contributed by atoms with van der Waals surface area (Å²) in [5, 5.41) is 0. The smallest absolute Gasteiger partial charge is 0.158 e. The fraction of sp³-hybridized carbons (Fsp3) is 0.400. The summed E-state index contributed by atoms with van der Waals surface area (Å²) in [5.74, 6) is 1.09. The van der Waals surface area contributed by atoms with Crippen molar-refractivity contribution in [2.45, 2.75) is 6.42 Å². The van der Waals surface area contributed by atoms with Crippen LogP contribution < -0.4 is 4.72 Å². The van der Waals surface area contributed by atoms with Crippen LogP contribution in [0.1, 0.15) is 6.42 Å². The summed E-state index contributed by atoms with van der Waals surface area (Å²) in [7, 11) is 0. The summed E-state index contributed by atoms with van der Waals surface area (Å²) < 4.78 is 2.89. The molecule has 0 saturated carbocycles. The van der Waals surface area contributed by atoms with Crippen molar-refractivity contribution in [2.75, 3.05) is 5.75 Å². The molecule has 44 valence electrons. The van der Waals surface area contributed by atoms with Gasteiger partial charge < -0.3 is 4.72 Å². The van der Waals surface area contributed by atoms with Crippen molar-refractivity contribution in [2.24, 2.45) is 0 Å². The molecule has 1 N–H and O–H groups in total. The Labute approximate surface area is 52.5 Å². The quantitative estimate of drug-likeness (QED) is 0.488. The Bertz CT molecular complexity index is 122. The second-order valence-electron chi connectivity index (χ2n) is 1.52. The number of carbonyl (C=O) groups is 1. The topological polar surface area (TPSA) is 29.1 Å². The Morgan fingerprint density at radius 3 is 3.50 bits per heavy atom. The maximum Gasteiger partial charge on any atom is 0.158 e. The molecule has 0 bridgehead atoms. The molecule has 0 amide bonds. The average Bonchev–Trinajstić information content (AvgIpc) is 1.94. The van der Waals surface area contributed by atoms with Gasteiger partial charge in [-0.25, -0.2) is 0 Å². The van der Waals surface area contributed by atoms with Crippen molar-refractivity contribution in [3.63, 3.8) is 0 Å². The first-order valence-electron chi connectivity index (χ1n) is 2.46. The van der Waals surface area contributed by atoms with E-state index in [1.165, 1.54) is 0 Å². The van der Waals surface area contributed by atoms with Gasteiger partial charge in [0, 0.05) is 18.4 Å². The molecule has 0 aromatic heterocycles. The van der Waals surface area contributed by atoms with Crippen LogP contribution in [0.2, 0.25) is 0 Å². The lowest BCUT2D eigenvalue weighted by molar-refractivity contribution is -0.114. The molecule has 2 nitrogen and oxygen atoms in total. The first-order chi connectivity index (χ1) is 3.89. The van der Waals surface area contributed by atoms with Gasteiger partial charge in [0.2, 0.25) is 0 Å². The Hall–Kier alpha value is -0.440. The average molecular weight is 129 g/mol. The zero-order valence-electron chi connectivity index (χ0n) is 4.39. The van der Waals surface area contributed by atoms with E-state index in [2.05, 4.69) is 4.72 Å². The van der Waals surface area contributed by atoms with Crippen LogP contribution in [-0.4, -0.2) is 11.5 Å². The molecule has 1 aliphatic heterocycles. The normalized spacial score (nSPS) is 19.8. The molecule has 0 radical (unpaired) electrons. The Morgan fingerprint density at radius 1 is 1.75 bits per heavy atom. The highest BCUT2D eigenvalue weighted by Crippen LogP contribution is 2.01. The maximum atomic E-state index is 10.5. The number of nitrogens with one attached hydrogen (secondary N) is 1. The number of allylic oxidation sites excluding steroid dienone is 1. The van der Waals surface area contributed by atoms with Crippen molar-refractivity contribution in [3.8, 4) is 0 Å². The lowest BCUT2D eigenvalue weighted by Gasteiger charge is -1.89. The number of carbonyl (C=O) groups excluding carboxylic acids is 1. The summed E-state index contributed by atoms with van der Waals surface area (Å²) >= 11 is 1.56. The van der Waals surface area contributed by atoms with Crippen LogP contribution in [0.25, 0.3) is 0 Å². The Balaban J connectivity index is 2.44. The van der Waals surface area contributed by atoms with Crippen LogP contribution in [0.3, 0.4) is 0 Å². The zero-order chi connectivity index (χ0) is 5.82. The molecule has 8 heavy (non-hydrogen) atoms. The predicted molar refractivity (Wildman–Crippen MR) is 34.4 cm³/mol. The molecule has 0 saturated heterocycles. The van der Waals surface area contributed by atoms with Crippen LogP contribution in [0.5, 0.6) is 0 Å². The highest BCUT2D eigenvalue weighted by Gasteiger charge is 1.98. The predicted octanol–water partition coefficient (Wildman–Crippen LogP) is 0.711. The summed E-state index contributed by atoms with van der Waals surface area (Å²) in [6.07, 6.45) is 3.91. The molecule has 0 spiro atoms. The van der Waals surface area contributed by atoms with E-state index in [0.29, 0.717) is 6.42 Å². The largest absolute Gasteiger partial charge is 0.336 e. The van der Waals surface area contributed by atoms with E-state index < -0.39 is 0 Å². The third kappa shape index (κ3) is 1.58. The number of ketones is 1. The van der Waals surface area contributed by atoms with Crippen LogP contribution in [-0.2, 0) is 4.79 Å². The minimum absolute atomic E-state index is 0.211. The molecule has 0 unspecified atom stereocenters. The van der Waals surface area contributed by atoms with E-state index in [4.69, 9.17) is 0 Å². The van der Waals surface area contributed by atoms with Crippen molar-refractivity contribution >= 4 is 17.7 Å². The van der Waals surface area contributed by atoms with Gasteiger partial charge >= 0.3 is 0 Å². The number of hydrogen-bond acceptors (Lipinski definition) is 3. The third-order valence-electron chi connectivity index (χ3n) is 0.871. The van der Waals surface area contributed by atoms with Crippen LogP contribution in [0.4, 0.5) is 0 Å². The van der Waals surface area contributed by atoms with Gasteiger partial charge in [-0.15, -0.1) is 0 Å². The molecular weight excluding hydrogens is 122 g/mol. The first kappa shape index (κ1) is 5.69. The lowest BCUT2D eigenvalue weighted by Crippen LogP contribution is -1.91. The maximum absolute atomic E-state index is 10.5. The lowest BCUT2D eigenvalue weighted by atomic mass is 10.3. The Kier molecular flexibility index (Phi) is 1.97. The molecule has 0 aromatic carbocycles. The molecule has 1 heterocycles. The summed E-state index contributed by atoms with van der Waals surface area (Å²) in [5.41, 5.74) is 0. The molecule has 0 aliphatic carbocycles. The minimum Gasteiger partial charge on any atom is -0.336 e. The van der Waals surface area contributed by atoms with E-state index in [1.807, 2.05) is 0 Å². The molecule has 1 rings (SSSR count). The molecule has 3 heteroatoms. The van der Waals surface area contributed by atoms with Gasteiger partial charge in [-0.05, 0) is 6.08 Å². The van der Waals surface area contributed by atoms with Crippen LogP contribution in [0, 0.1) is 0 Å². The number of rotatable bonds is 0. The molecule has 1 aliphatic rings. The fourth-order valence-corrected chi connectivity index (χ4v) is 1.05. The van der Waals surface area contributed by atoms with Gasteiger partial charge in [-0.2, -0.15) is 0 Å². The van der Waals surface area contributed by atoms with Crippen LogP contribution >= 0.6 is 11.9 Å². The van der Waals surface area contributed by atoms with Crippen molar-refractivity contribution in [1.29, 1.82) is 0 Å². The summed E-state index contributed by atoms with van der Waals surface area (Å²) in [6.45, 7) is 0. The second kappa shape index (κ2) is 2.77. The highest BCUT2D eigenvalue weighted by atomic mass is 32.2. The van der Waals surface area contributed by atoms with Gasteiger partial charge in [-0.3, -0.25) is 4.79 Å². The van der Waals surface area contributed by atoms with Gasteiger partial charge in [0.1, 0.15) is 0 Å². The molecule has 0 fully saturated rings. The van der Waals surface area contributed by atoms with Gasteiger partial charge in [-0.1, -0.05) is 11.9 Å². The van der Waals surface area contributed by atoms with Crippen molar-refractivity contribution in [1.82, 2.24) is 4.72 Å². The van der Waals surface area contributed by atoms with Gasteiger partial charge in [0.05, 0.1) is 0 Å². The van der Waals surface area contributed by atoms with Crippen molar-refractivity contribution < 1.29 is 4.79 Å². The standard InChI is InChI=1S/C5H7NOS/c7-5-1-3-6-8-4-2-5/h1,3,6H,2,4H2. The molecule has 0 atom stereocenters. The zero-order valence-corrected chi connectivity index (χ0v) is 5.20. The molecular formula is C5H7NOS. The summed E-state index contributed by atoms with van der Waals surface area (Å²) in [4.78, 5) is 10.5. The van der Waals surface area contributed by atoms with E-state index in [1.54, 1.807) is 24.2 Å². The SMILES string of the molecule is O=C1C=CNSCC1. The number of hydrogen-bond donors (Lipinski definition) is 1. The van der Waals surface area contributed by atoms with E-state index >= 15 is 0 Å². The van der Waals surface area contributed by atoms with E-state index in [-0.39, 0.29) is 5.78 Å². The van der Waals surface area contributed by atoms with E-state index in [9.17, 15) is 4.79 Å². The van der Waals surface area contributed by atoms with Gasteiger partial charge in [0.15, 0.2) is 5.78 Å². The third-order valence-corrected chi connectivity index (χ3v) is 1.58. The van der Waals surface area contributed by atoms with Crippen LogP contribution in [0.15, 0.2) is 12.3 Å². The summed E-state index contributed by atoms with van der Waals surface area (Å²) in [6, 6.07) is 0. The van der Waals surface area contributed by atoms with Gasteiger partial charge in [0.25, 0.3) is 0 Å². The molecule has 0 aromatic rings. The minimum atomic E-state index is 0.211. The Morgan fingerprint density at radius 2 is 2.62 bits per heavy atom. The monoisotopic (exact) mass is 129 g/mol. The van der Waals surface area contributed by atoms with Crippen molar-refractivity contribution in [3.05, 3.63) is 12.3 Å². The van der Waals surface area contributed by atoms with E-state index in [0.717, 1.165) is 5.75 Å². The first-order valence-corrected chi connectivity index (χ1v) is 3.45.